The summed E-state index contributed by atoms with van der Waals surface area (Å²) in [6.45, 7) is 10.7. The number of rotatable bonds is 15. The fraction of sp³-hybridized carbons (Fsp3) is 0.600. The number of carbonyl (C=O) groups is 4. The van der Waals surface area contributed by atoms with E-state index >= 15 is 0 Å². The second-order valence-corrected chi connectivity index (χ2v) is 18.7. The highest BCUT2D eigenvalue weighted by molar-refractivity contribution is 5.95. The molecule has 3 amide bonds. The van der Waals surface area contributed by atoms with Gasteiger partial charge in [-0.2, -0.15) is 0 Å². The number of aryl methyl sites for hydroxylation is 2. The first-order valence-electron chi connectivity index (χ1n) is 21.6. The van der Waals surface area contributed by atoms with Crippen molar-refractivity contribution in [3.05, 3.63) is 70.5 Å². The van der Waals surface area contributed by atoms with Crippen molar-refractivity contribution in [2.24, 2.45) is 17.5 Å². The molecule has 0 spiro atoms. The summed E-state index contributed by atoms with van der Waals surface area (Å²) in [5.41, 5.74) is 5.67. The minimum atomic E-state index is -2.31. The lowest BCUT2D eigenvalue weighted by atomic mass is 9.79. The maximum absolute atomic E-state index is 13.5. The maximum Gasteiger partial charge on any atom is 0.412 e. The Bertz CT molecular complexity index is 2010. The van der Waals surface area contributed by atoms with Crippen LogP contribution in [0.1, 0.15) is 113 Å². The van der Waals surface area contributed by atoms with Crippen molar-refractivity contribution in [1.29, 1.82) is 0 Å². The van der Waals surface area contributed by atoms with Crippen LogP contribution in [0, 0.1) is 19.8 Å². The van der Waals surface area contributed by atoms with Gasteiger partial charge in [0.05, 0.1) is 24.4 Å². The number of phenolic OH excluding ortho intramolecular Hbond substituents is 1. The van der Waals surface area contributed by atoms with E-state index in [0.29, 0.717) is 28.1 Å². The van der Waals surface area contributed by atoms with Crippen molar-refractivity contribution in [2.75, 3.05) is 18.4 Å². The van der Waals surface area contributed by atoms with E-state index in [1.165, 1.54) is 18.3 Å². The molecule has 354 valence electrons. The topological polar surface area (TPSA) is 298 Å². The van der Waals surface area contributed by atoms with Gasteiger partial charge in [-0.15, -0.1) is 0 Å². The van der Waals surface area contributed by atoms with Gasteiger partial charge in [0.25, 0.3) is 5.91 Å². The summed E-state index contributed by atoms with van der Waals surface area (Å²) >= 11 is 0. The number of ether oxygens (including phenoxy) is 4. The number of aliphatic hydroxyl groups excluding tert-OH is 3. The number of anilines is 1. The van der Waals surface area contributed by atoms with Crippen LogP contribution in [-0.2, 0) is 28.5 Å². The van der Waals surface area contributed by atoms with Crippen molar-refractivity contribution in [3.63, 3.8) is 0 Å². The number of phenols is 1. The predicted molar refractivity (Wildman–Crippen MR) is 233 cm³/mol. The van der Waals surface area contributed by atoms with Gasteiger partial charge >= 0.3 is 12.1 Å². The zero-order chi connectivity index (χ0) is 47.3. The van der Waals surface area contributed by atoms with Gasteiger partial charge in [-0.3, -0.25) is 14.9 Å². The lowest BCUT2D eigenvalue weighted by Gasteiger charge is -2.48. The van der Waals surface area contributed by atoms with Crippen LogP contribution in [0.15, 0.2) is 48.3 Å². The highest BCUT2D eigenvalue weighted by atomic mass is 16.8. The monoisotopic (exact) mass is 898 g/mol. The Balaban J connectivity index is 1.41. The molecule has 0 aromatic heterocycles. The number of aliphatic hydroxyl groups is 3. The highest BCUT2D eigenvalue weighted by Gasteiger charge is 2.58. The Kier molecular flexibility index (Phi) is 16.0. The van der Waals surface area contributed by atoms with Gasteiger partial charge in [-0.05, 0) is 108 Å². The summed E-state index contributed by atoms with van der Waals surface area (Å²) in [5.74, 6) is 2.12. The number of carbonyl (C=O) groups excluding carboxylic acids is 3. The van der Waals surface area contributed by atoms with Crippen LogP contribution in [-0.4, -0.2) is 121 Å². The second kappa shape index (κ2) is 20.4. The van der Waals surface area contributed by atoms with Gasteiger partial charge in [-0.1, -0.05) is 31.4 Å². The third kappa shape index (κ3) is 12.8. The summed E-state index contributed by atoms with van der Waals surface area (Å²) in [5, 5.41) is 65.0. The number of nitrogens with one attached hydrogen (secondary N) is 3. The number of carboxylic acid groups (broad SMARTS) is 1. The zero-order valence-electron chi connectivity index (χ0n) is 37.6. The molecule has 2 aromatic carbocycles. The van der Waals surface area contributed by atoms with Crippen molar-refractivity contribution in [1.82, 2.24) is 15.6 Å². The molecule has 2 aromatic rings. The third-order valence-electron chi connectivity index (χ3n) is 11.6. The van der Waals surface area contributed by atoms with E-state index in [9.17, 15) is 44.7 Å². The molecule has 2 heterocycles. The average molecular weight is 899 g/mol. The van der Waals surface area contributed by atoms with Crippen LogP contribution in [0.4, 0.5) is 10.5 Å². The van der Waals surface area contributed by atoms with Gasteiger partial charge in [0, 0.05) is 42.5 Å². The van der Waals surface area contributed by atoms with E-state index in [0.717, 1.165) is 37.1 Å². The molecule has 64 heavy (non-hydrogen) atoms. The summed E-state index contributed by atoms with van der Waals surface area (Å²) in [6, 6.07) is 8.02. The van der Waals surface area contributed by atoms with Crippen LogP contribution in [0.5, 0.6) is 5.75 Å². The van der Waals surface area contributed by atoms with Crippen LogP contribution >= 0.6 is 0 Å². The first-order valence-corrected chi connectivity index (χ1v) is 21.6. The van der Waals surface area contributed by atoms with Gasteiger partial charge in [-0.25, -0.2) is 15.4 Å². The van der Waals surface area contributed by atoms with Gasteiger partial charge in [0.2, 0.25) is 5.91 Å². The molecule has 0 bridgehead atoms. The van der Waals surface area contributed by atoms with Gasteiger partial charge < -0.3 is 65.9 Å². The van der Waals surface area contributed by atoms with E-state index in [-0.39, 0.29) is 17.2 Å². The Morgan fingerprint density at radius 1 is 1.02 bits per heavy atom. The first kappa shape index (κ1) is 50.0. The fourth-order valence-electron chi connectivity index (χ4n) is 8.59. The minimum absolute atomic E-state index is 0.0182. The molecule has 2 unspecified atom stereocenters. The summed E-state index contributed by atoms with van der Waals surface area (Å²) in [6.07, 6.45) is -4.68. The van der Waals surface area contributed by atoms with Gasteiger partial charge in [0.15, 0.2) is 11.4 Å². The van der Waals surface area contributed by atoms with Crippen molar-refractivity contribution in [2.45, 2.75) is 153 Å². The van der Waals surface area contributed by atoms with Crippen molar-refractivity contribution < 1.29 is 63.7 Å². The summed E-state index contributed by atoms with van der Waals surface area (Å²) in [4.78, 5) is 52.7. The van der Waals surface area contributed by atoms with Crippen molar-refractivity contribution in [3.8, 4) is 5.75 Å². The molecular weight excluding hydrogens is 833 g/mol. The molecule has 19 nitrogen and oxygen atoms in total. The number of hydrazine groups is 1. The van der Waals surface area contributed by atoms with E-state index in [1.807, 2.05) is 0 Å². The number of hydrogen-bond donors (Lipinski definition) is 10. The predicted octanol–water partition coefficient (Wildman–Crippen LogP) is 3.10. The van der Waals surface area contributed by atoms with Crippen LogP contribution in [0.2, 0.25) is 0 Å². The lowest BCUT2D eigenvalue weighted by molar-refractivity contribution is -0.236. The molecule has 1 saturated carbocycles. The Labute approximate surface area is 373 Å². The number of nitrogens with zero attached hydrogens (tertiary/aromatic N) is 1. The lowest BCUT2D eigenvalue weighted by Crippen LogP contribution is -2.68. The van der Waals surface area contributed by atoms with E-state index < -0.39 is 109 Å². The number of aliphatic carboxylic acids is 1. The molecule has 3 fully saturated rings. The zero-order valence-corrected chi connectivity index (χ0v) is 37.6. The number of hydrogen-bond acceptors (Lipinski definition) is 15. The highest BCUT2D eigenvalue weighted by Crippen LogP contribution is 2.45. The second-order valence-electron chi connectivity index (χ2n) is 18.7. The van der Waals surface area contributed by atoms with Crippen LogP contribution in [0.3, 0.4) is 0 Å². The number of allylic oxidation sites excluding steroid dienone is 1. The minimum Gasteiger partial charge on any atom is -0.507 e. The molecule has 0 radical (unpaired) electrons. The van der Waals surface area contributed by atoms with E-state index in [4.69, 9.17) is 30.5 Å². The molecule has 3 aliphatic rings. The molecular formula is C45H66N6O13. The summed E-state index contributed by atoms with van der Waals surface area (Å²) < 4.78 is 24.2. The smallest absolute Gasteiger partial charge is 0.412 e. The summed E-state index contributed by atoms with van der Waals surface area (Å²) in [7, 11) is 0. The average Bonchev–Trinajstić information content (AvgIpc) is 3.51. The molecule has 12 N–H and O–H groups in total. The van der Waals surface area contributed by atoms with E-state index in [1.54, 1.807) is 72.7 Å². The Morgan fingerprint density at radius 3 is 2.30 bits per heavy atom. The SMILES string of the molecule is Cc1cc(C(=O)NC[C@@H](O)[C@@H](O)[C@@H]2OC(C[C@@H]3OC(C)(C)O[C@H]3c3cccc(NC(=O)OC(C)(C)C)c3)(C(=O)O)C[C@H](O)C2NC(=O)CN(N)/C=C(\N)C2CCCCC2)cc(C)c1O. The number of amides is 3. The Morgan fingerprint density at radius 2 is 1.67 bits per heavy atom. The quantitative estimate of drug-likeness (QED) is 0.0908. The van der Waals surface area contributed by atoms with Crippen LogP contribution in [0.25, 0.3) is 0 Å². The van der Waals surface area contributed by atoms with Gasteiger partial charge in [0.1, 0.15) is 36.2 Å². The Hall–Kier alpha value is -5.02. The first-order chi connectivity index (χ1) is 29.9. The molecule has 1 aliphatic carbocycles. The standard InChI is InChI=1S/C45H66N6O13/c1-24-16-28(17-25(2)36(24)55)40(57)48-21-32(53)37(56)39-35(50-34(54)23-51(47)22-30(46)26-12-9-8-10-13-26)31(52)19-45(63-39,41(58)59)20-33-38(62-44(6,7)61-33)27-14-11-15-29(18-27)49-42(60)64-43(3,4)5/h11,14-18,22,26,31-33,35,37-39,52-53,55-56H,8-10,12-13,19-21,23,46-47H2,1-7H3,(H,48,57)(H,49,60)(H,50,54)(H,58,59)/b30-22-/t31-,32+,33-,35?,37+,38-,39+,45?/m0/s1. The molecule has 19 heteroatoms. The maximum atomic E-state index is 13.5. The van der Waals surface area contributed by atoms with Crippen molar-refractivity contribution >= 4 is 29.6 Å². The number of carboxylic acids is 1. The molecule has 5 rings (SSSR count). The largest absolute Gasteiger partial charge is 0.507 e. The molecule has 2 aliphatic heterocycles. The molecule has 8 atom stereocenters. The fourth-order valence-corrected chi connectivity index (χ4v) is 8.59. The third-order valence-corrected chi connectivity index (χ3v) is 11.6. The number of aromatic hydroxyl groups is 1. The molecule has 2 saturated heterocycles. The van der Waals surface area contributed by atoms with Crippen LogP contribution < -0.4 is 27.5 Å². The van der Waals surface area contributed by atoms with E-state index in [2.05, 4.69) is 16.0 Å². The number of nitrogens with two attached hydrogens (primary N) is 2. The normalized spacial score (nSPS) is 26.0. The number of benzene rings is 2.